The highest BCUT2D eigenvalue weighted by atomic mass is 19.4. The highest BCUT2D eigenvalue weighted by Crippen LogP contribution is 2.36. The summed E-state index contributed by atoms with van der Waals surface area (Å²) in [4.78, 5) is 23.0. The van der Waals surface area contributed by atoms with Gasteiger partial charge in [0.15, 0.2) is 6.10 Å². The maximum atomic E-state index is 12.5. The van der Waals surface area contributed by atoms with Crippen LogP contribution in [0.15, 0.2) is 53.6 Å². The van der Waals surface area contributed by atoms with Crippen molar-refractivity contribution >= 4 is 11.9 Å². The van der Waals surface area contributed by atoms with E-state index < -0.39 is 24.3 Å². The zero-order chi connectivity index (χ0) is 27.3. The number of nitrogens with zero attached hydrogens (tertiary/aromatic N) is 2. The summed E-state index contributed by atoms with van der Waals surface area (Å²) in [7, 11) is 0. The molecule has 0 saturated heterocycles. The lowest BCUT2D eigenvalue weighted by Crippen LogP contribution is -2.37. The number of carboxylic acid groups (broad SMARTS) is 1. The monoisotopic (exact) mass is 533 g/mol. The second-order valence-corrected chi connectivity index (χ2v) is 9.60. The molecule has 1 heterocycles. The van der Waals surface area contributed by atoms with E-state index in [2.05, 4.69) is 10.1 Å². The van der Waals surface area contributed by atoms with Crippen LogP contribution in [0.25, 0.3) is 11.3 Å². The number of allylic oxidation sites excluding steroid dienone is 3. The van der Waals surface area contributed by atoms with E-state index in [-0.39, 0.29) is 12.3 Å². The molecule has 1 fully saturated rings. The Kier molecular flexibility index (Phi) is 8.55. The number of carbonyl (C=O) groups is 2. The Hall–Kier alpha value is -3.60. The molecule has 11 heteroatoms. The third-order valence-corrected chi connectivity index (χ3v) is 6.84. The standard InChI is InChI=1S/C27H30F3N3O5/c28-27(29,30)38-21-12-10-18(11-13-21)22-14-23(19-4-2-1-3-5-19)33(32-22)16-17-6-8-20(9-7-17)25(35)31-15-24(34)26(36)37/h6,8,10-14,19,24,34H,1-5,7,9,15-16H2,(H,31,35)(H,36,37). The number of carboxylic acids is 1. The van der Waals surface area contributed by atoms with Crippen molar-refractivity contribution in [3.63, 3.8) is 0 Å². The summed E-state index contributed by atoms with van der Waals surface area (Å²) in [6.45, 7) is 0.149. The van der Waals surface area contributed by atoms with E-state index in [1.807, 2.05) is 16.8 Å². The van der Waals surface area contributed by atoms with Crippen LogP contribution < -0.4 is 10.1 Å². The van der Waals surface area contributed by atoms with E-state index in [0.29, 0.717) is 42.1 Å². The molecular weight excluding hydrogens is 503 g/mol. The molecule has 1 aromatic heterocycles. The smallest absolute Gasteiger partial charge is 0.479 e. The van der Waals surface area contributed by atoms with Gasteiger partial charge in [-0.05, 0) is 61.6 Å². The van der Waals surface area contributed by atoms with Gasteiger partial charge in [-0.25, -0.2) is 4.79 Å². The van der Waals surface area contributed by atoms with E-state index in [4.69, 9.17) is 10.2 Å². The van der Waals surface area contributed by atoms with Gasteiger partial charge in [0, 0.05) is 22.7 Å². The normalized spacial score (nSPS) is 17.4. The van der Waals surface area contributed by atoms with Crippen molar-refractivity contribution in [1.29, 1.82) is 0 Å². The summed E-state index contributed by atoms with van der Waals surface area (Å²) in [6.07, 6.45) is 3.80. The van der Waals surface area contributed by atoms with Crippen LogP contribution in [0.2, 0.25) is 0 Å². The number of amides is 1. The maximum absolute atomic E-state index is 12.5. The molecule has 1 atom stereocenters. The Morgan fingerprint density at radius 2 is 1.82 bits per heavy atom. The van der Waals surface area contributed by atoms with E-state index in [1.165, 1.54) is 18.6 Å². The number of hydrogen-bond donors (Lipinski definition) is 3. The second-order valence-electron chi connectivity index (χ2n) is 9.60. The van der Waals surface area contributed by atoms with Gasteiger partial charge in [-0.1, -0.05) is 31.4 Å². The van der Waals surface area contributed by atoms with Crippen LogP contribution >= 0.6 is 0 Å². The van der Waals surface area contributed by atoms with Crippen molar-refractivity contribution < 1.29 is 37.7 Å². The molecule has 0 bridgehead atoms. The van der Waals surface area contributed by atoms with Crippen molar-refractivity contribution in [2.45, 2.75) is 69.9 Å². The molecule has 0 spiro atoms. The van der Waals surface area contributed by atoms with Crippen molar-refractivity contribution in [2.75, 3.05) is 6.54 Å². The molecule has 8 nitrogen and oxygen atoms in total. The predicted octanol–water partition coefficient (Wildman–Crippen LogP) is 4.70. The highest BCUT2D eigenvalue weighted by molar-refractivity contribution is 5.94. The molecule has 0 radical (unpaired) electrons. The molecule has 1 unspecified atom stereocenters. The van der Waals surface area contributed by atoms with Crippen LogP contribution in [0.5, 0.6) is 5.75 Å². The number of aromatic nitrogens is 2. The fourth-order valence-corrected chi connectivity index (χ4v) is 4.84. The lowest BCUT2D eigenvalue weighted by atomic mass is 9.86. The number of carbonyl (C=O) groups excluding carboxylic acids is 1. The number of nitrogens with one attached hydrogen (secondary N) is 1. The van der Waals surface area contributed by atoms with Gasteiger partial charge in [0.25, 0.3) is 0 Å². The van der Waals surface area contributed by atoms with Gasteiger partial charge in [-0.2, -0.15) is 5.10 Å². The Morgan fingerprint density at radius 1 is 1.11 bits per heavy atom. The average Bonchev–Trinajstić information content (AvgIpc) is 3.31. The van der Waals surface area contributed by atoms with Gasteiger partial charge in [0.05, 0.1) is 18.8 Å². The van der Waals surface area contributed by atoms with Crippen LogP contribution in [0.1, 0.15) is 56.6 Å². The molecule has 4 rings (SSSR count). The van der Waals surface area contributed by atoms with E-state index in [0.717, 1.165) is 37.0 Å². The molecule has 1 saturated carbocycles. The quantitative estimate of drug-likeness (QED) is 0.431. The van der Waals surface area contributed by atoms with E-state index in [9.17, 15) is 27.9 Å². The van der Waals surface area contributed by atoms with Gasteiger partial charge < -0.3 is 20.3 Å². The second kappa shape index (κ2) is 11.8. The van der Waals surface area contributed by atoms with Gasteiger partial charge in [-0.3, -0.25) is 9.48 Å². The first kappa shape index (κ1) is 27.4. The fourth-order valence-electron chi connectivity index (χ4n) is 4.84. The summed E-state index contributed by atoms with van der Waals surface area (Å²) >= 11 is 0. The van der Waals surface area contributed by atoms with Crippen LogP contribution in [-0.2, 0) is 16.1 Å². The minimum absolute atomic E-state index is 0.287. The third kappa shape index (κ3) is 7.25. The molecular formula is C27H30F3N3O5. The van der Waals surface area contributed by atoms with E-state index >= 15 is 0 Å². The van der Waals surface area contributed by atoms with Gasteiger partial charge in [0.1, 0.15) is 5.75 Å². The molecule has 1 amide bonds. The number of aliphatic carboxylic acids is 1. The Balaban J connectivity index is 1.51. The third-order valence-electron chi connectivity index (χ3n) is 6.84. The summed E-state index contributed by atoms with van der Waals surface area (Å²) in [5, 5.41) is 25.3. The van der Waals surface area contributed by atoms with Crippen LogP contribution in [0.3, 0.4) is 0 Å². The fraction of sp³-hybridized carbons (Fsp3) is 0.444. The van der Waals surface area contributed by atoms with Gasteiger partial charge in [0.2, 0.25) is 5.91 Å². The first-order chi connectivity index (χ1) is 18.1. The Morgan fingerprint density at radius 3 is 2.42 bits per heavy atom. The number of halogens is 3. The lowest BCUT2D eigenvalue weighted by molar-refractivity contribution is -0.274. The number of benzene rings is 1. The first-order valence-corrected chi connectivity index (χ1v) is 12.6. The van der Waals surface area contributed by atoms with Crippen LogP contribution in [0.4, 0.5) is 13.2 Å². The average molecular weight is 534 g/mol. The highest BCUT2D eigenvalue weighted by Gasteiger charge is 2.31. The van der Waals surface area contributed by atoms with Crippen LogP contribution in [0, 0.1) is 0 Å². The van der Waals surface area contributed by atoms with Gasteiger partial charge in [-0.15, -0.1) is 13.2 Å². The maximum Gasteiger partial charge on any atom is 0.573 e. The summed E-state index contributed by atoms with van der Waals surface area (Å²) in [5.74, 6) is -1.75. The minimum Gasteiger partial charge on any atom is -0.479 e. The largest absolute Gasteiger partial charge is 0.573 e. The van der Waals surface area contributed by atoms with Crippen molar-refractivity contribution in [3.05, 3.63) is 59.3 Å². The number of aliphatic hydroxyl groups is 1. The molecule has 3 N–H and O–H groups in total. The molecule has 1 aromatic carbocycles. The molecule has 0 aliphatic heterocycles. The summed E-state index contributed by atoms with van der Waals surface area (Å²) in [6, 6.07) is 7.69. The first-order valence-electron chi connectivity index (χ1n) is 12.6. The Labute approximate surface area is 217 Å². The van der Waals surface area contributed by atoms with Crippen molar-refractivity contribution in [1.82, 2.24) is 15.1 Å². The zero-order valence-corrected chi connectivity index (χ0v) is 20.7. The molecule has 2 aromatic rings. The summed E-state index contributed by atoms with van der Waals surface area (Å²) < 4.78 is 43.5. The number of alkyl halides is 3. The number of aliphatic hydroxyl groups excluding tert-OH is 1. The summed E-state index contributed by atoms with van der Waals surface area (Å²) in [5.41, 5.74) is 4.02. The van der Waals surface area contributed by atoms with Crippen molar-refractivity contribution in [2.24, 2.45) is 0 Å². The lowest BCUT2D eigenvalue weighted by Gasteiger charge is -2.23. The van der Waals surface area contributed by atoms with Crippen molar-refractivity contribution in [3.8, 4) is 17.0 Å². The van der Waals surface area contributed by atoms with E-state index in [1.54, 1.807) is 18.2 Å². The SMILES string of the molecule is O=C(NCC(O)C(=O)O)C1=CC=C(Cn2nc(-c3ccc(OC(F)(F)F)cc3)cc2C2CCCCC2)CC1. The van der Waals surface area contributed by atoms with Crippen LogP contribution in [-0.4, -0.2) is 50.9 Å². The molecule has 38 heavy (non-hydrogen) atoms. The zero-order valence-electron chi connectivity index (χ0n) is 20.7. The molecule has 2 aliphatic rings. The molecule has 2 aliphatic carbocycles. The minimum atomic E-state index is -4.75. The Bertz CT molecular complexity index is 1210. The number of ether oxygens (including phenoxy) is 1. The predicted molar refractivity (Wildman–Crippen MR) is 132 cm³/mol. The topological polar surface area (TPSA) is 114 Å². The molecule has 204 valence electrons. The van der Waals surface area contributed by atoms with Gasteiger partial charge >= 0.3 is 12.3 Å². The number of rotatable bonds is 9. The number of hydrogen-bond acceptors (Lipinski definition) is 5.